The summed E-state index contributed by atoms with van der Waals surface area (Å²) in [4.78, 5) is 20.9. The number of rotatable bonds is 8. The lowest BCUT2D eigenvalue weighted by molar-refractivity contribution is -0.142. The first kappa shape index (κ1) is 20.9. The van der Waals surface area contributed by atoms with Crippen molar-refractivity contribution in [1.82, 2.24) is 9.97 Å². The standard InChI is InChI=1S/C20H23F2N3O4/c1-28-9-2-10-29-17-3-6-23-19(24-17)14-11-15(21)18(16(22)12-14)25-7-4-13(5-8-25)20(26)27/h3,6,11-13H,2,4-5,7-10H2,1H3,(H,26,27). The third-order valence-electron chi connectivity index (χ3n) is 4.81. The van der Waals surface area contributed by atoms with Gasteiger partial charge in [-0.25, -0.2) is 13.8 Å². The fraction of sp³-hybridized carbons (Fsp3) is 0.450. The van der Waals surface area contributed by atoms with Gasteiger partial charge in [-0.15, -0.1) is 0 Å². The molecule has 0 atom stereocenters. The number of carboxylic acids is 1. The van der Waals surface area contributed by atoms with Gasteiger partial charge in [0, 0.05) is 51.1 Å². The molecule has 0 unspecified atom stereocenters. The summed E-state index contributed by atoms with van der Waals surface area (Å²) in [5.74, 6) is -2.35. The molecule has 0 bridgehead atoms. The average Bonchev–Trinajstić information content (AvgIpc) is 2.71. The van der Waals surface area contributed by atoms with E-state index in [0.717, 1.165) is 0 Å². The summed E-state index contributed by atoms with van der Waals surface area (Å²) in [5, 5.41) is 9.07. The number of anilines is 1. The van der Waals surface area contributed by atoms with E-state index in [2.05, 4.69) is 9.97 Å². The van der Waals surface area contributed by atoms with Crippen LogP contribution in [0.2, 0.25) is 0 Å². The summed E-state index contributed by atoms with van der Waals surface area (Å²) in [6, 6.07) is 3.95. The van der Waals surface area contributed by atoms with E-state index < -0.39 is 23.5 Å². The average molecular weight is 407 g/mol. The van der Waals surface area contributed by atoms with Crippen LogP contribution < -0.4 is 9.64 Å². The van der Waals surface area contributed by atoms with Crippen molar-refractivity contribution < 1.29 is 28.2 Å². The number of ether oxygens (including phenoxy) is 2. The van der Waals surface area contributed by atoms with Gasteiger partial charge in [0.2, 0.25) is 5.88 Å². The zero-order valence-electron chi connectivity index (χ0n) is 16.1. The summed E-state index contributed by atoms with van der Waals surface area (Å²) in [6.07, 6.45) is 2.85. The molecule has 0 aliphatic carbocycles. The highest BCUT2D eigenvalue weighted by molar-refractivity contribution is 5.70. The zero-order valence-corrected chi connectivity index (χ0v) is 16.1. The molecule has 7 nitrogen and oxygen atoms in total. The smallest absolute Gasteiger partial charge is 0.306 e. The maximum absolute atomic E-state index is 14.7. The highest BCUT2D eigenvalue weighted by atomic mass is 19.1. The Morgan fingerprint density at radius 2 is 1.93 bits per heavy atom. The van der Waals surface area contributed by atoms with Gasteiger partial charge in [-0.1, -0.05) is 0 Å². The van der Waals surface area contributed by atoms with Crippen LogP contribution in [-0.4, -0.2) is 54.5 Å². The molecule has 2 heterocycles. The van der Waals surface area contributed by atoms with Crippen molar-refractivity contribution in [1.29, 1.82) is 0 Å². The van der Waals surface area contributed by atoms with E-state index in [4.69, 9.17) is 14.6 Å². The monoisotopic (exact) mass is 407 g/mol. The summed E-state index contributed by atoms with van der Waals surface area (Å²) in [5.41, 5.74) is 0.0519. The maximum Gasteiger partial charge on any atom is 0.306 e. The fourth-order valence-corrected chi connectivity index (χ4v) is 3.29. The number of benzene rings is 1. The van der Waals surface area contributed by atoms with Gasteiger partial charge in [-0.05, 0) is 25.0 Å². The van der Waals surface area contributed by atoms with Gasteiger partial charge in [0.1, 0.15) is 17.3 Å². The lowest BCUT2D eigenvalue weighted by Gasteiger charge is -2.32. The maximum atomic E-state index is 14.7. The topological polar surface area (TPSA) is 84.8 Å². The van der Waals surface area contributed by atoms with E-state index in [9.17, 15) is 13.6 Å². The number of methoxy groups -OCH3 is 1. The van der Waals surface area contributed by atoms with Crippen molar-refractivity contribution >= 4 is 11.7 Å². The fourth-order valence-electron chi connectivity index (χ4n) is 3.29. The van der Waals surface area contributed by atoms with Crippen molar-refractivity contribution in [2.24, 2.45) is 5.92 Å². The number of carboxylic acid groups (broad SMARTS) is 1. The number of aliphatic carboxylic acids is 1. The molecule has 1 aromatic carbocycles. The first-order valence-corrected chi connectivity index (χ1v) is 9.41. The van der Waals surface area contributed by atoms with Gasteiger partial charge in [0.25, 0.3) is 0 Å². The van der Waals surface area contributed by atoms with E-state index in [1.807, 2.05) is 0 Å². The van der Waals surface area contributed by atoms with Gasteiger partial charge < -0.3 is 19.5 Å². The van der Waals surface area contributed by atoms with Gasteiger partial charge in [-0.2, -0.15) is 4.98 Å². The number of nitrogens with zero attached hydrogens (tertiary/aromatic N) is 3. The summed E-state index contributed by atoms with van der Waals surface area (Å²) in [7, 11) is 1.60. The molecule has 0 saturated carbocycles. The molecule has 0 amide bonds. The van der Waals surface area contributed by atoms with E-state index >= 15 is 0 Å². The van der Waals surface area contributed by atoms with Gasteiger partial charge >= 0.3 is 5.97 Å². The molecule has 1 N–H and O–H groups in total. The van der Waals surface area contributed by atoms with Gasteiger partial charge in [0.05, 0.1) is 12.5 Å². The van der Waals surface area contributed by atoms with E-state index in [1.54, 1.807) is 18.1 Å². The van der Waals surface area contributed by atoms with Crippen LogP contribution in [0, 0.1) is 17.6 Å². The summed E-state index contributed by atoms with van der Waals surface area (Å²) >= 11 is 0. The number of aromatic nitrogens is 2. The molecular weight excluding hydrogens is 384 g/mol. The van der Waals surface area contributed by atoms with E-state index in [1.165, 1.54) is 18.3 Å². The Bertz CT molecular complexity index is 834. The number of carbonyl (C=O) groups is 1. The van der Waals surface area contributed by atoms with Gasteiger partial charge in [0.15, 0.2) is 5.82 Å². The molecule has 1 aliphatic rings. The van der Waals surface area contributed by atoms with Crippen LogP contribution in [0.25, 0.3) is 11.4 Å². The molecule has 1 aliphatic heterocycles. The lowest BCUT2D eigenvalue weighted by atomic mass is 9.96. The molecule has 29 heavy (non-hydrogen) atoms. The molecular formula is C20H23F2N3O4. The minimum absolute atomic E-state index is 0.149. The van der Waals surface area contributed by atoms with Gasteiger partial charge in [-0.3, -0.25) is 4.79 Å². The van der Waals surface area contributed by atoms with E-state index in [-0.39, 0.29) is 30.2 Å². The van der Waals surface area contributed by atoms with Crippen LogP contribution in [0.1, 0.15) is 19.3 Å². The van der Waals surface area contributed by atoms with Crippen molar-refractivity contribution in [2.75, 3.05) is 38.3 Å². The Morgan fingerprint density at radius 3 is 2.55 bits per heavy atom. The Balaban J connectivity index is 1.75. The van der Waals surface area contributed by atoms with Crippen LogP contribution in [0.3, 0.4) is 0 Å². The van der Waals surface area contributed by atoms with Crippen molar-refractivity contribution in [2.45, 2.75) is 19.3 Å². The third kappa shape index (κ3) is 5.17. The van der Waals surface area contributed by atoms with Crippen LogP contribution in [0.4, 0.5) is 14.5 Å². The molecule has 1 fully saturated rings. The Morgan fingerprint density at radius 1 is 1.24 bits per heavy atom. The Labute approximate surface area is 167 Å². The number of hydrogen-bond acceptors (Lipinski definition) is 6. The molecule has 0 radical (unpaired) electrons. The summed E-state index contributed by atoms with van der Waals surface area (Å²) < 4.78 is 39.9. The molecule has 3 rings (SSSR count). The van der Waals surface area contributed by atoms with Crippen LogP contribution in [0.15, 0.2) is 24.4 Å². The lowest BCUT2D eigenvalue weighted by Crippen LogP contribution is -2.37. The summed E-state index contributed by atoms with van der Waals surface area (Å²) in [6.45, 7) is 1.52. The number of hydrogen-bond donors (Lipinski definition) is 1. The predicted octanol–water partition coefficient (Wildman–Crippen LogP) is 3.14. The predicted molar refractivity (Wildman–Crippen MR) is 102 cm³/mol. The highest BCUT2D eigenvalue weighted by Gasteiger charge is 2.28. The number of halogens is 2. The third-order valence-corrected chi connectivity index (χ3v) is 4.81. The second kappa shape index (κ2) is 9.60. The Kier molecular flexibility index (Phi) is 6.92. The van der Waals surface area contributed by atoms with Crippen LogP contribution in [-0.2, 0) is 9.53 Å². The van der Waals surface area contributed by atoms with Crippen LogP contribution >= 0.6 is 0 Å². The minimum Gasteiger partial charge on any atom is -0.481 e. The quantitative estimate of drug-likeness (QED) is 0.673. The zero-order chi connectivity index (χ0) is 20.8. The first-order valence-electron chi connectivity index (χ1n) is 9.41. The molecule has 2 aromatic rings. The highest BCUT2D eigenvalue weighted by Crippen LogP contribution is 2.31. The molecule has 9 heteroatoms. The molecule has 1 saturated heterocycles. The van der Waals surface area contributed by atoms with Crippen LogP contribution in [0.5, 0.6) is 5.88 Å². The van der Waals surface area contributed by atoms with Crippen molar-refractivity contribution in [3.05, 3.63) is 36.0 Å². The second-order valence-electron chi connectivity index (χ2n) is 6.80. The minimum atomic E-state index is -0.873. The molecule has 1 aromatic heterocycles. The van der Waals surface area contributed by atoms with E-state index in [0.29, 0.717) is 38.4 Å². The second-order valence-corrected chi connectivity index (χ2v) is 6.80. The molecule has 156 valence electrons. The first-order chi connectivity index (χ1) is 14.0. The normalized spacial score (nSPS) is 14.8. The molecule has 0 spiro atoms. The SMILES string of the molecule is COCCCOc1ccnc(-c2cc(F)c(N3CCC(C(=O)O)CC3)c(F)c2)n1. The number of piperidine rings is 1. The van der Waals surface area contributed by atoms with Crippen molar-refractivity contribution in [3.63, 3.8) is 0 Å². The van der Waals surface area contributed by atoms with Crippen molar-refractivity contribution in [3.8, 4) is 17.3 Å². The largest absolute Gasteiger partial charge is 0.481 e. The Hall–Kier alpha value is -2.81.